The van der Waals surface area contributed by atoms with Crippen LogP contribution in [0.4, 0.5) is 0 Å². The summed E-state index contributed by atoms with van der Waals surface area (Å²) in [6.07, 6.45) is 0. The van der Waals surface area contributed by atoms with Gasteiger partial charge in [0.05, 0.1) is 17.6 Å². The van der Waals surface area contributed by atoms with E-state index < -0.39 is 33.7 Å². The van der Waals surface area contributed by atoms with Crippen molar-refractivity contribution < 1.29 is 0 Å². The minimum Gasteiger partial charge on any atom is -0.0671 e. The quantitative estimate of drug-likeness (QED) is 0.332. The Kier molecular flexibility index (Phi) is 5.79. The van der Waals surface area contributed by atoms with Crippen molar-refractivity contribution in [1.29, 1.82) is 0 Å². The van der Waals surface area contributed by atoms with Crippen molar-refractivity contribution in [3.63, 3.8) is 0 Å². The van der Waals surface area contributed by atoms with E-state index >= 15 is 0 Å². The molecule has 3 aromatic rings. The average molecular weight is 509 g/mol. The normalized spacial score (nSPS) is 18.2. The summed E-state index contributed by atoms with van der Waals surface area (Å²) in [6, 6.07) is 28.4. The van der Waals surface area contributed by atoms with Gasteiger partial charge in [-0.2, -0.15) is 0 Å². The van der Waals surface area contributed by atoms with Crippen LogP contribution in [-0.4, -0.2) is 33.7 Å². The molecule has 0 saturated carbocycles. The van der Waals surface area contributed by atoms with Crippen LogP contribution in [0.3, 0.4) is 0 Å². The molecule has 0 atom stereocenters. The van der Waals surface area contributed by atoms with E-state index in [0.717, 1.165) is 0 Å². The third-order valence-corrected chi connectivity index (χ3v) is 18.6. The number of rotatable bonds is 4. The van der Waals surface area contributed by atoms with Gasteiger partial charge in [-0.15, -0.1) is 0 Å². The molecule has 0 aliphatic carbocycles. The average Bonchev–Trinajstić information content (AvgIpc) is 3.19. The Morgan fingerprint density at radius 3 is 1.12 bits per heavy atom. The highest BCUT2D eigenvalue weighted by Crippen LogP contribution is 2.44. The van der Waals surface area contributed by atoms with Crippen molar-refractivity contribution in [2.24, 2.45) is 0 Å². The van der Waals surface area contributed by atoms with Crippen LogP contribution in [0.2, 0.25) is 52.4 Å². The van der Waals surface area contributed by atoms with Crippen LogP contribution in [0.5, 0.6) is 0 Å². The molecular weight excluding hydrogens is 473 g/mol. The molecule has 2 aliphatic heterocycles. The Labute approximate surface area is 211 Å². The highest BCUT2D eigenvalue weighted by atomic mass is 28.3. The van der Waals surface area contributed by atoms with E-state index in [0.29, 0.717) is 0 Å². The van der Waals surface area contributed by atoms with Crippen LogP contribution in [-0.2, 0) is 0 Å². The number of fused-ring (bicyclic) bond motifs is 2. The Morgan fingerprint density at radius 2 is 0.794 bits per heavy atom. The monoisotopic (exact) mass is 508 g/mol. The fraction of sp³-hybridized carbons (Fsp3) is 0.267. The molecule has 0 spiro atoms. The molecule has 34 heavy (non-hydrogen) atoms. The van der Waals surface area contributed by atoms with Gasteiger partial charge in [0, 0.05) is 0 Å². The predicted octanol–water partition coefficient (Wildman–Crippen LogP) is 7.03. The van der Waals surface area contributed by atoms with Gasteiger partial charge in [0.2, 0.25) is 0 Å². The van der Waals surface area contributed by atoms with Crippen molar-refractivity contribution in [3.8, 4) is 0 Å². The van der Waals surface area contributed by atoms with Crippen molar-refractivity contribution in [2.75, 3.05) is 0 Å². The van der Waals surface area contributed by atoms with Crippen LogP contribution >= 0.6 is 0 Å². The lowest BCUT2D eigenvalue weighted by Gasteiger charge is -2.26. The summed E-state index contributed by atoms with van der Waals surface area (Å²) in [4.78, 5) is 0. The molecule has 2 radical (unpaired) electrons. The molecule has 0 fully saturated rings. The summed E-state index contributed by atoms with van der Waals surface area (Å²) in [5, 5.41) is 10.0. The molecule has 2 aliphatic rings. The van der Waals surface area contributed by atoms with Crippen LogP contribution in [0, 0.1) is 0 Å². The van der Waals surface area contributed by atoms with Gasteiger partial charge in [-0.1, -0.05) is 136 Å². The Hall–Kier alpha value is -1.99. The van der Waals surface area contributed by atoms with E-state index in [4.69, 9.17) is 0 Å². The lowest BCUT2D eigenvalue weighted by Crippen LogP contribution is -2.41. The van der Waals surface area contributed by atoms with E-state index in [1.807, 2.05) is 0 Å². The molecule has 4 heteroatoms. The van der Waals surface area contributed by atoms with Gasteiger partial charge < -0.3 is 0 Å². The first-order chi connectivity index (χ1) is 16.1. The maximum Gasteiger partial charge on any atom is 0.113 e. The Bertz CT molecular complexity index is 1230. The Balaban J connectivity index is 1.66. The van der Waals surface area contributed by atoms with Crippen LogP contribution < -0.4 is 10.4 Å². The first-order valence-corrected chi connectivity index (χ1v) is 23.5. The van der Waals surface area contributed by atoms with E-state index in [1.54, 1.807) is 42.3 Å². The van der Waals surface area contributed by atoms with Crippen LogP contribution in [0.15, 0.2) is 72.8 Å². The van der Waals surface area contributed by atoms with E-state index in [2.05, 4.69) is 125 Å². The first kappa shape index (κ1) is 23.7. The van der Waals surface area contributed by atoms with Gasteiger partial charge in [-0.25, -0.2) is 0 Å². The minimum absolute atomic E-state index is 0.573. The number of hydrogen-bond acceptors (Lipinski definition) is 0. The zero-order valence-electron chi connectivity index (χ0n) is 21.9. The maximum absolute atomic E-state index is 2.56. The second-order valence-corrected chi connectivity index (χ2v) is 25.0. The molecule has 0 bridgehead atoms. The van der Waals surface area contributed by atoms with Crippen LogP contribution in [0.25, 0.3) is 20.8 Å². The molecule has 0 N–H and O–H groups in total. The molecule has 5 rings (SSSR count). The molecule has 0 saturated heterocycles. The minimum atomic E-state index is -1.71. The van der Waals surface area contributed by atoms with Crippen molar-refractivity contribution in [2.45, 2.75) is 52.4 Å². The molecule has 2 heterocycles. The van der Waals surface area contributed by atoms with E-state index in [-0.39, 0.29) is 0 Å². The standard InChI is InChI=1S/C30H36Si4/c1-31(2)27-23-13-9-11-15-25(23)33(5,6)29(27)21-17-19-22(20-18-21)30-28(32(3)4)24-14-10-12-16-26(24)34(30,7)8/h9-20H,1-8H3. The topological polar surface area (TPSA) is 0 Å². The molecule has 0 amide bonds. The Morgan fingerprint density at radius 1 is 0.471 bits per heavy atom. The zero-order valence-corrected chi connectivity index (χ0v) is 25.9. The fourth-order valence-electron chi connectivity index (χ4n) is 6.51. The van der Waals surface area contributed by atoms with Gasteiger partial charge in [-0.3, -0.25) is 0 Å². The highest BCUT2D eigenvalue weighted by Gasteiger charge is 2.42. The number of benzene rings is 3. The lowest BCUT2D eigenvalue weighted by atomic mass is 10.1. The summed E-state index contributed by atoms with van der Waals surface area (Å²) in [7, 11) is -4.57. The maximum atomic E-state index is 2.56. The summed E-state index contributed by atoms with van der Waals surface area (Å²) >= 11 is 0. The van der Waals surface area contributed by atoms with Gasteiger partial charge in [0.1, 0.15) is 16.1 Å². The molecular formula is C30H36Si4. The molecule has 0 unspecified atom stereocenters. The molecule has 172 valence electrons. The smallest absolute Gasteiger partial charge is 0.0671 e. The largest absolute Gasteiger partial charge is 0.113 e. The molecule has 0 nitrogen and oxygen atoms in total. The second-order valence-electron chi connectivity index (χ2n) is 11.4. The summed E-state index contributed by atoms with van der Waals surface area (Å²) in [5.41, 5.74) is 6.03. The van der Waals surface area contributed by atoms with Gasteiger partial charge >= 0.3 is 0 Å². The van der Waals surface area contributed by atoms with Crippen molar-refractivity contribution >= 4 is 64.9 Å². The van der Waals surface area contributed by atoms with Crippen molar-refractivity contribution in [3.05, 3.63) is 95.1 Å². The van der Waals surface area contributed by atoms with Crippen molar-refractivity contribution in [1.82, 2.24) is 0 Å². The van der Waals surface area contributed by atoms with Gasteiger partial charge in [0.25, 0.3) is 0 Å². The third-order valence-electron chi connectivity index (χ3n) is 7.95. The lowest BCUT2D eigenvalue weighted by molar-refractivity contribution is 1.59. The van der Waals surface area contributed by atoms with Gasteiger partial charge in [-0.05, 0) is 43.0 Å². The molecule has 0 aromatic heterocycles. The number of hydrogen-bond donors (Lipinski definition) is 0. The molecule has 3 aromatic carbocycles. The summed E-state index contributed by atoms with van der Waals surface area (Å²) < 4.78 is 0. The predicted molar refractivity (Wildman–Crippen MR) is 162 cm³/mol. The fourth-order valence-corrected chi connectivity index (χ4v) is 19.6. The SMILES string of the molecule is C[Si](C)C1=C(c2ccc(C3=C([Si](C)C)c4ccccc4[Si]3(C)C)cc2)[Si](C)(C)c2ccccc21. The highest BCUT2D eigenvalue weighted by molar-refractivity contribution is 7.12. The first-order valence-electron chi connectivity index (χ1n) is 12.5. The van der Waals surface area contributed by atoms with E-state index in [9.17, 15) is 0 Å². The van der Waals surface area contributed by atoms with Crippen LogP contribution in [0.1, 0.15) is 22.3 Å². The zero-order chi connectivity index (χ0) is 24.4. The summed E-state index contributed by atoms with van der Waals surface area (Å²) in [5.74, 6) is 0. The second kappa shape index (κ2) is 8.30. The van der Waals surface area contributed by atoms with E-state index in [1.165, 1.54) is 11.1 Å². The van der Waals surface area contributed by atoms with Gasteiger partial charge in [0.15, 0.2) is 0 Å². The summed E-state index contributed by atoms with van der Waals surface area (Å²) in [6.45, 7) is 20.1. The third kappa shape index (κ3) is 3.41.